The second-order valence-corrected chi connectivity index (χ2v) is 9.57. The van der Waals surface area contributed by atoms with Gasteiger partial charge in [-0.05, 0) is 62.1 Å². The lowest BCUT2D eigenvalue weighted by Gasteiger charge is -2.25. The molecule has 0 bridgehead atoms. The number of aromatic carboxylic acids is 1. The first-order valence-electron chi connectivity index (χ1n) is 11.3. The normalized spacial score (nSPS) is 17.6. The van der Waals surface area contributed by atoms with Crippen molar-refractivity contribution in [3.8, 4) is 11.8 Å². The number of aliphatic hydroxyl groups excluding tert-OH is 1. The molecule has 1 aromatic carbocycles. The minimum Gasteiger partial charge on any atom is -0.477 e. The highest BCUT2D eigenvalue weighted by molar-refractivity contribution is 7.14. The highest BCUT2D eigenvalue weighted by Gasteiger charge is 2.30. The first-order chi connectivity index (χ1) is 15.4. The van der Waals surface area contributed by atoms with Gasteiger partial charge in [0.1, 0.15) is 4.88 Å². The molecule has 1 aliphatic heterocycles. The second kappa shape index (κ2) is 11.8. The molecule has 32 heavy (non-hydrogen) atoms. The van der Waals surface area contributed by atoms with E-state index in [9.17, 15) is 14.7 Å². The highest BCUT2D eigenvalue weighted by atomic mass is 32.1. The van der Waals surface area contributed by atoms with Crippen LogP contribution in [0, 0.1) is 17.8 Å². The van der Waals surface area contributed by atoms with E-state index >= 15 is 0 Å². The van der Waals surface area contributed by atoms with Crippen molar-refractivity contribution >= 4 is 23.2 Å². The maximum Gasteiger partial charge on any atom is 0.345 e. The van der Waals surface area contributed by atoms with Crippen LogP contribution in [0.25, 0.3) is 0 Å². The monoisotopic (exact) mass is 453 g/mol. The van der Waals surface area contributed by atoms with Gasteiger partial charge in [-0.2, -0.15) is 0 Å². The van der Waals surface area contributed by atoms with Gasteiger partial charge in [-0.15, -0.1) is 11.3 Å². The average molecular weight is 454 g/mol. The molecule has 1 aliphatic rings. The number of thiophene rings is 1. The molecule has 2 aromatic rings. The third-order valence-corrected chi connectivity index (χ3v) is 7.14. The Morgan fingerprint density at radius 3 is 2.72 bits per heavy atom. The summed E-state index contributed by atoms with van der Waals surface area (Å²) in [5.41, 5.74) is 1.33. The van der Waals surface area contributed by atoms with Gasteiger partial charge in [0.25, 0.3) is 0 Å². The summed E-state index contributed by atoms with van der Waals surface area (Å²) >= 11 is 1.14. The van der Waals surface area contributed by atoms with Gasteiger partial charge < -0.3 is 15.1 Å². The number of nitrogens with zero attached hydrogens (tertiary/aromatic N) is 1. The second-order valence-electron chi connectivity index (χ2n) is 8.48. The van der Waals surface area contributed by atoms with Crippen molar-refractivity contribution in [1.29, 1.82) is 0 Å². The summed E-state index contributed by atoms with van der Waals surface area (Å²) < 4.78 is 0. The molecule has 0 saturated carbocycles. The molecular weight excluding hydrogens is 422 g/mol. The maximum atomic E-state index is 12.3. The van der Waals surface area contributed by atoms with Crippen LogP contribution in [0.2, 0.25) is 0 Å². The van der Waals surface area contributed by atoms with Crippen LogP contribution in [0.1, 0.15) is 65.6 Å². The van der Waals surface area contributed by atoms with Crippen molar-refractivity contribution in [1.82, 2.24) is 4.90 Å². The summed E-state index contributed by atoms with van der Waals surface area (Å²) in [7, 11) is 0. The molecular formula is C26H31NO4S. The Kier molecular flexibility index (Phi) is 8.90. The van der Waals surface area contributed by atoms with E-state index in [4.69, 9.17) is 5.11 Å². The van der Waals surface area contributed by atoms with Crippen molar-refractivity contribution in [3.05, 3.63) is 57.8 Å². The van der Waals surface area contributed by atoms with Gasteiger partial charge in [0.05, 0.1) is 17.5 Å². The third kappa shape index (κ3) is 6.94. The zero-order valence-electron chi connectivity index (χ0n) is 18.5. The Hall–Kier alpha value is -2.62. The molecule has 0 radical (unpaired) electrons. The van der Waals surface area contributed by atoms with E-state index in [0.717, 1.165) is 43.4 Å². The fourth-order valence-corrected chi connectivity index (χ4v) is 4.87. The van der Waals surface area contributed by atoms with Crippen LogP contribution >= 0.6 is 11.3 Å². The number of hydrogen-bond acceptors (Lipinski definition) is 4. The molecule has 170 valence electrons. The first kappa shape index (κ1) is 24.0. The molecule has 6 heteroatoms. The summed E-state index contributed by atoms with van der Waals surface area (Å²) in [6.45, 7) is 2.44. The molecule has 1 aromatic heterocycles. The number of carbonyl (C=O) groups is 2. The van der Waals surface area contributed by atoms with E-state index in [1.807, 2.05) is 11.0 Å². The number of aliphatic hydroxyl groups is 1. The van der Waals surface area contributed by atoms with E-state index < -0.39 is 5.97 Å². The Balaban J connectivity index is 1.43. The van der Waals surface area contributed by atoms with Crippen LogP contribution in [0.3, 0.4) is 0 Å². The smallest absolute Gasteiger partial charge is 0.345 e. The van der Waals surface area contributed by atoms with Crippen LogP contribution in [-0.4, -0.2) is 45.7 Å². The summed E-state index contributed by atoms with van der Waals surface area (Å²) in [5.74, 6) is 5.37. The molecule has 1 amide bonds. The fourth-order valence-electron chi connectivity index (χ4n) is 4.16. The summed E-state index contributed by atoms with van der Waals surface area (Å²) in [6.07, 6.45) is 5.48. The van der Waals surface area contributed by atoms with Crippen molar-refractivity contribution in [3.63, 3.8) is 0 Å². The van der Waals surface area contributed by atoms with Crippen LogP contribution in [0.15, 0.2) is 42.5 Å². The third-order valence-electron chi connectivity index (χ3n) is 6.15. The standard InChI is InChI=1S/C26H31NO4S/c1-19(7-5-10-20-8-3-2-4-9-20)23(28)15-12-21-13-17-25(29)27(21)18-6-11-22-14-16-24(32-22)26(30)31/h2-4,8-9,14,16,19,21,23,28H,5,7,10,12-13,15,17-18H2,1H3,(H,30,31)/t19-,21?,23+/m0/s1. The Labute approximate surface area is 194 Å². The number of carbonyl (C=O) groups excluding carboxylic acids is 1. The molecule has 3 rings (SSSR count). The number of carboxylic acids is 1. The van der Waals surface area contributed by atoms with Gasteiger partial charge in [0.2, 0.25) is 5.91 Å². The van der Waals surface area contributed by atoms with Crippen molar-refractivity contribution in [2.24, 2.45) is 5.92 Å². The molecule has 0 spiro atoms. The number of benzene rings is 1. The minimum absolute atomic E-state index is 0.104. The molecule has 3 atom stereocenters. The Morgan fingerprint density at radius 1 is 1.22 bits per heavy atom. The zero-order chi connectivity index (χ0) is 22.9. The van der Waals surface area contributed by atoms with E-state index in [1.165, 1.54) is 5.56 Å². The quantitative estimate of drug-likeness (QED) is 0.516. The van der Waals surface area contributed by atoms with Gasteiger partial charge in [-0.1, -0.05) is 49.1 Å². The summed E-state index contributed by atoms with van der Waals surface area (Å²) in [6, 6.07) is 13.8. The Morgan fingerprint density at radius 2 is 2.00 bits per heavy atom. The van der Waals surface area contributed by atoms with E-state index in [2.05, 4.69) is 43.0 Å². The minimum atomic E-state index is -0.953. The van der Waals surface area contributed by atoms with E-state index in [0.29, 0.717) is 24.3 Å². The number of carboxylic acid groups (broad SMARTS) is 1. The molecule has 2 N–H and O–H groups in total. The number of rotatable bonds is 10. The lowest BCUT2D eigenvalue weighted by Crippen LogP contribution is -2.34. The van der Waals surface area contributed by atoms with E-state index in [1.54, 1.807) is 12.1 Å². The van der Waals surface area contributed by atoms with Gasteiger partial charge in [0.15, 0.2) is 0 Å². The molecule has 5 nitrogen and oxygen atoms in total. The van der Waals surface area contributed by atoms with Gasteiger partial charge >= 0.3 is 5.97 Å². The summed E-state index contributed by atoms with van der Waals surface area (Å²) in [5, 5.41) is 19.6. The van der Waals surface area contributed by atoms with Gasteiger partial charge in [-0.25, -0.2) is 4.79 Å². The van der Waals surface area contributed by atoms with Crippen LogP contribution in [-0.2, 0) is 11.2 Å². The largest absolute Gasteiger partial charge is 0.477 e. The Bertz CT molecular complexity index is 959. The lowest BCUT2D eigenvalue weighted by molar-refractivity contribution is -0.128. The predicted octanol–water partition coefficient (Wildman–Crippen LogP) is 4.59. The van der Waals surface area contributed by atoms with Crippen LogP contribution in [0.4, 0.5) is 0 Å². The number of aryl methyl sites for hydroxylation is 1. The maximum absolute atomic E-state index is 12.3. The zero-order valence-corrected chi connectivity index (χ0v) is 19.3. The number of hydrogen-bond donors (Lipinski definition) is 2. The SMILES string of the molecule is C[C@@H](CCCc1ccccc1)[C@H](O)CCC1CCC(=O)N1CC#Cc1ccc(C(=O)O)s1. The predicted molar refractivity (Wildman–Crippen MR) is 127 cm³/mol. The van der Waals surface area contributed by atoms with Crippen molar-refractivity contribution < 1.29 is 19.8 Å². The molecule has 1 fully saturated rings. The summed E-state index contributed by atoms with van der Waals surface area (Å²) in [4.78, 5) is 26.0. The average Bonchev–Trinajstić information content (AvgIpc) is 3.40. The lowest BCUT2D eigenvalue weighted by atomic mass is 9.92. The van der Waals surface area contributed by atoms with Gasteiger partial charge in [-0.3, -0.25) is 4.79 Å². The molecule has 0 aliphatic carbocycles. The van der Waals surface area contributed by atoms with Crippen molar-refractivity contribution in [2.75, 3.05) is 6.54 Å². The number of likely N-dealkylation sites (tertiary alicyclic amines) is 1. The number of amides is 1. The topological polar surface area (TPSA) is 77.8 Å². The highest BCUT2D eigenvalue weighted by Crippen LogP contribution is 2.25. The fraction of sp³-hybridized carbons (Fsp3) is 0.462. The van der Waals surface area contributed by atoms with Gasteiger partial charge in [0, 0.05) is 12.5 Å². The van der Waals surface area contributed by atoms with Crippen molar-refractivity contribution in [2.45, 2.75) is 64.0 Å². The molecule has 2 heterocycles. The molecule has 1 unspecified atom stereocenters. The first-order valence-corrected chi connectivity index (χ1v) is 12.1. The van der Waals surface area contributed by atoms with Crippen LogP contribution < -0.4 is 0 Å². The molecule has 1 saturated heterocycles. The van der Waals surface area contributed by atoms with E-state index in [-0.39, 0.29) is 28.8 Å². The van der Waals surface area contributed by atoms with Crippen LogP contribution in [0.5, 0.6) is 0 Å².